The van der Waals surface area contributed by atoms with Gasteiger partial charge in [-0.15, -0.1) is 0 Å². The number of rotatable bonds is 6. The van der Waals surface area contributed by atoms with E-state index in [0.717, 1.165) is 24.3 Å². The SMILES string of the molecule is CCOc1ccc(N2C(=O)CCS2(=O)=O)cc1S(=O)(=O)Nc1cccc(C(F)(F)F)c1. The van der Waals surface area contributed by atoms with E-state index in [4.69, 9.17) is 4.74 Å². The van der Waals surface area contributed by atoms with Crippen molar-refractivity contribution >= 4 is 37.3 Å². The number of benzene rings is 2. The van der Waals surface area contributed by atoms with Crippen LogP contribution in [-0.4, -0.2) is 35.1 Å². The second kappa shape index (κ2) is 8.04. The van der Waals surface area contributed by atoms with E-state index in [0.29, 0.717) is 10.4 Å². The number of carbonyl (C=O) groups excluding carboxylic acids is 1. The molecule has 1 N–H and O–H groups in total. The predicted molar refractivity (Wildman–Crippen MR) is 106 cm³/mol. The lowest BCUT2D eigenvalue weighted by Crippen LogP contribution is -2.29. The van der Waals surface area contributed by atoms with Crippen LogP contribution in [0.3, 0.4) is 0 Å². The highest BCUT2D eigenvalue weighted by atomic mass is 32.2. The monoisotopic (exact) mass is 478 g/mol. The number of anilines is 2. The van der Waals surface area contributed by atoms with Crippen molar-refractivity contribution in [3.63, 3.8) is 0 Å². The van der Waals surface area contributed by atoms with Crippen molar-refractivity contribution < 1.29 is 39.5 Å². The molecule has 168 valence electrons. The Hall–Kier alpha value is -2.80. The topological polar surface area (TPSA) is 110 Å². The van der Waals surface area contributed by atoms with Crippen LogP contribution in [0, 0.1) is 0 Å². The predicted octanol–water partition coefficient (Wildman–Crippen LogP) is 2.97. The van der Waals surface area contributed by atoms with Gasteiger partial charge in [0.05, 0.1) is 23.6 Å². The Morgan fingerprint density at radius 1 is 1.16 bits per heavy atom. The number of ether oxygens (including phenoxy) is 1. The van der Waals surface area contributed by atoms with E-state index in [1.54, 1.807) is 6.92 Å². The van der Waals surface area contributed by atoms with Crippen LogP contribution in [0.5, 0.6) is 5.75 Å². The fourth-order valence-electron chi connectivity index (χ4n) is 2.95. The van der Waals surface area contributed by atoms with Crippen LogP contribution >= 0.6 is 0 Å². The third-order valence-electron chi connectivity index (χ3n) is 4.27. The van der Waals surface area contributed by atoms with Crippen molar-refractivity contribution in [1.29, 1.82) is 0 Å². The number of nitrogens with zero attached hydrogens (tertiary/aromatic N) is 1. The molecule has 1 fully saturated rings. The average Bonchev–Trinajstić information content (AvgIpc) is 2.94. The van der Waals surface area contributed by atoms with Crippen molar-refractivity contribution in [2.75, 3.05) is 21.4 Å². The van der Waals surface area contributed by atoms with E-state index in [1.807, 2.05) is 4.72 Å². The van der Waals surface area contributed by atoms with Crippen LogP contribution in [-0.2, 0) is 31.0 Å². The van der Waals surface area contributed by atoms with Gasteiger partial charge in [-0.25, -0.2) is 21.1 Å². The van der Waals surface area contributed by atoms with Gasteiger partial charge in [0.25, 0.3) is 10.0 Å². The van der Waals surface area contributed by atoms with Crippen molar-refractivity contribution in [3.05, 3.63) is 48.0 Å². The van der Waals surface area contributed by atoms with Crippen molar-refractivity contribution in [2.45, 2.75) is 24.4 Å². The molecule has 1 heterocycles. The van der Waals surface area contributed by atoms with Crippen LogP contribution in [0.4, 0.5) is 24.5 Å². The van der Waals surface area contributed by atoms with Gasteiger partial charge in [0.2, 0.25) is 15.9 Å². The first-order valence-corrected chi connectivity index (χ1v) is 12.0. The normalized spacial score (nSPS) is 16.4. The number of hydrogen-bond acceptors (Lipinski definition) is 6. The maximum absolute atomic E-state index is 12.9. The van der Waals surface area contributed by atoms with E-state index >= 15 is 0 Å². The molecular weight excluding hydrogens is 461 g/mol. The minimum Gasteiger partial charge on any atom is -0.492 e. The third-order valence-corrected chi connectivity index (χ3v) is 7.37. The van der Waals surface area contributed by atoms with E-state index < -0.39 is 48.3 Å². The lowest BCUT2D eigenvalue weighted by atomic mass is 10.2. The maximum atomic E-state index is 12.9. The smallest absolute Gasteiger partial charge is 0.416 e. The highest BCUT2D eigenvalue weighted by Crippen LogP contribution is 2.35. The number of halogens is 3. The number of hydrogen-bond donors (Lipinski definition) is 1. The van der Waals surface area contributed by atoms with Crippen molar-refractivity contribution in [2.24, 2.45) is 0 Å². The Balaban J connectivity index is 2.06. The second-order valence-corrected chi connectivity index (χ2v) is 10.1. The number of nitrogens with one attached hydrogen (secondary N) is 1. The van der Waals surface area contributed by atoms with Crippen LogP contribution in [0.2, 0.25) is 0 Å². The van der Waals surface area contributed by atoms with Crippen LogP contribution in [0.15, 0.2) is 47.4 Å². The lowest BCUT2D eigenvalue weighted by molar-refractivity contribution is -0.137. The van der Waals surface area contributed by atoms with Crippen LogP contribution in [0.1, 0.15) is 18.9 Å². The molecule has 0 aliphatic carbocycles. The van der Waals surface area contributed by atoms with Gasteiger partial charge in [0.15, 0.2) is 0 Å². The molecule has 0 saturated carbocycles. The Kier molecular flexibility index (Phi) is 5.93. The largest absolute Gasteiger partial charge is 0.492 e. The number of carbonyl (C=O) groups is 1. The molecule has 1 saturated heterocycles. The molecule has 2 aromatic rings. The van der Waals surface area contributed by atoms with Gasteiger partial charge in [0.1, 0.15) is 10.6 Å². The first-order valence-electron chi connectivity index (χ1n) is 8.88. The zero-order valence-electron chi connectivity index (χ0n) is 16.0. The standard InChI is InChI=1S/C18H17F3N2O6S2/c1-2-29-15-7-6-14(23-17(24)8-9-30(23,25)26)11-16(15)31(27,28)22-13-5-3-4-12(10-13)18(19,20)21/h3-7,10-11,22H,2,8-9H2,1H3. The second-order valence-electron chi connectivity index (χ2n) is 6.47. The zero-order chi connectivity index (χ0) is 23.0. The molecular formula is C18H17F3N2O6S2. The van der Waals surface area contributed by atoms with Gasteiger partial charge in [-0.2, -0.15) is 13.2 Å². The third kappa shape index (κ3) is 4.77. The molecule has 3 rings (SSSR count). The Morgan fingerprint density at radius 2 is 1.87 bits per heavy atom. The number of amides is 1. The summed E-state index contributed by atoms with van der Waals surface area (Å²) in [6.07, 6.45) is -4.93. The first kappa shape index (κ1) is 22.9. The minimum atomic E-state index is -4.68. The summed E-state index contributed by atoms with van der Waals surface area (Å²) >= 11 is 0. The van der Waals surface area contributed by atoms with Gasteiger partial charge < -0.3 is 4.74 Å². The van der Waals surface area contributed by atoms with Gasteiger partial charge in [-0.1, -0.05) is 6.07 Å². The molecule has 0 spiro atoms. The summed E-state index contributed by atoms with van der Waals surface area (Å²) in [4.78, 5) is 11.5. The summed E-state index contributed by atoms with van der Waals surface area (Å²) in [7, 11) is -8.47. The number of alkyl halides is 3. The Bertz CT molecular complexity index is 1230. The average molecular weight is 478 g/mol. The van der Waals surface area contributed by atoms with Crippen LogP contribution in [0.25, 0.3) is 0 Å². The van der Waals surface area contributed by atoms with Crippen molar-refractivity contribution in [3.8, 4) is 5.75 Å². The zero-order valence-corrected chi connectivity index (χ0v) is 17.6. The maximum Gasteiger partial charge on any atom is 0.416 e. The number of sulfonamides is 2. The molecule has 0 unspecified atom stereocenters. The molecule has 1 aliphatic heterocycles. The first-order chi connectivity index (χ1) is 14.3. The van der Waals surface area contributed by atoms with Gasteiger partial charge in [0, 0.05) is 12.1 Å². The Morgan fingerprint density at radius 3 is 2.45 bits per heavy atom. The molecule has 0 atom stereocenters. The summed E-state index contributed by atoms with van der Waals surface area (Å²) in [5, 5.41) is 0. The van der Waals surface area contributed by atoms with Crippen LogP contribution < -0.4 is 13.8 Å². The van der Waals surface area contributed by atoms with Gasteiger partial charge in [-0.05, 0) is 43.3 Å². The van der Waals surface area contributed by atoms with Gasteiger partial charge >= 0.3 is 6.18 Å². The fourth-order valence-corrected chi connectivity index (χ4v) is 5.61. The van der Waals surface area contributed by atoms with E-state index in [-0.39, 0.29) is 30.2 Å². The molecule has 0 bridgehead atoms. The summed E-state index contributed by atoms with van der Waals surface area (Å²) in [5.74, 6) is -1.29. The molecule has 1 aliphatic rings. The molecule has 1 amide bonds. The van der Waals surface area contributed by atoms with Gasteiger partial charge in [-0.3, -0.25) is 9.52 Å². The lowest BCUT2D eigenvalue weighted by Gasteiger charge is -2.19. The molecule has 0 aromatic heterocycles. The van der Waals surface area contributed by atoms with Crippen molar-refractivity contribution in [1.82, 2.24) is 0 Å². The highest BCUT2D eigenvalue weighted by molar-refractivity contribution is 7.94. The minimum absolute atomic E-state index is 0.0619. The van der Waals surface area contributed by atoms with E-state index in [9.17, 15) is 34.8 Å². The molecule has 31 heavy (non-hydrogen) atoms. The fraction of sp³-hybridized carbons (Fsp3) is 0.278. The van der Waals surface area contributed by atoms with E-state index in [2.05, 4.69) is 0 Å². The molecule has 13 heteroatoms. The summed E-state index contributed by atoms with van der Waals surface area (Å²) < 4.78 is 96.8. The molecule has 2 aromatic carbocycles. The summed E-state index contributed by atoms with van der Waals surface area (Å²) in [6.45, 7) is 1.64. The highest BCUT2D eigenvalue weighted by Gasteiger charge is 2.37. The molecule has 0 radical (unpaired) electrons. The summed E-state index contributed by atoms with van der Waals surface area (Å²) in [5.41, 5.74) is -1.62. The Labute approximate surface area is 176 Å². The quantitative estimate of drug-likeness (QED) is 0.684. The molecule has 8 nitrogen and oxygen atoms in total. The summed E-state index contributed by atoms with van der Waals surface area (Å²) in [6, 6.07) is 6.91. The van der Waals surface area contributed by atoms with E-state index in [1.165, 1.54) is 12.1 Å².